The molecule has 0 atom stereocenters. The van der Waals surface area contributed by atoms with Crippen molar-refractivity contribution < 1.29 is 13.3 Å². The molecule has 132 valence electrons. The Morgan fingerprint density at radius 3 is 1.85 bits per heavy atom. The van der Waals surface area contributed by atoms with E-state index in [9.17, 15) is 0 Å². The third kappa shape index (κ3) is 3.96. The Morgan fingerprint density at radius 2 is 1.26 bits per heavy atom. The van der Waals surface area contributed by atoms with Gasteiger partial charge < -0.3 is 13.3 Å². The average Bonchev–Trinajstić information content (AvgIpc) is 3.48. The predicted molar refractivity (Wildman–Crippen MR) is 97.6 cm³/mol. The number of aromatic nitrogens is 5. The first kappa shape index (κ1) is 16.4. The van der Waals surface area contributed by atoms with Crippen molar-refractivity contribution in [1.82, 2.24) is 24.9 Å². The van der Waals surface area contributed by atoms with Crippen molar-refractivity contribution in [2.75, 3.05) is 0 Å². The Kier molecular flexibility index (Phi) is 4.78. The van der Waals surface area contributed by atoms with E-state index in [-0.39, 0.29) is 0 Å². The summed E-state index contributed by atoms with van der Waals surface area (Å²) in [5.74, 6) is 0. The maximum Gasteiger partial charge on any atom is 0.228 e. The number of pyridine rings is 1. The molecule has 0 bridgehead atoms. The molecule has 0 aliphatic rings. The molecular formula is C19H13N5O3. The maximum atomic E-state index is 5.06. The first-order chi connectivity index (χ1) is 13.4. The molecule has 8 nitrogen and oxygen atoms in total. The summed E-state index contributed by atoms with van der Waals surface area (Å²) < 4.78 is 15.0. The highest BCUT2D eigenvalue weighted by atomic mass is 16.3. The van der Waals surface area contributed by atoms with Gasteiger partial charge in [0.25, 0.3) is 0 Å². The minimum Gasteiger partial charge on any atom is -0.463 e. The Morgan fingerprint density at radius 1 is 0.630 bits per heavy atom. The molecule has 6 aromatic heterocycles. The number of rotatable bonds is 0. The fourth-order valence-corrected chi connectivity index (χ4v) is 2.23. The molecule has 6 heterocycles. The van der Waals surface area contributed by atoms with Crippen molar-refractivity contribution >= 4 is 33.3 Å². The van der Waals surface area contributed by atoms with Gasteiger partial charge in [-0.15, -0.1) is 0 Å². The lowest BCUT2D eigenvalue weighted by Crippen LogP contribution is -1.72. The van der Waals surface area contributed by atoms with Gasteiger partial charge >= 0.3 is 0 Å². The summed E-state index contributed by atoms with van der Waals surface area (Å²) in [4.78, 5) is 19.4. The third-order valence-corrected chi connectivity index (χ3v) is 3.48. The predicted octanol–water partition coefficient (Wildman–Crippen LogP) is 4.27. The quantitative estimate of drug-likeness (QED) is 0.396. The van der Waals surface area contributed by atoms with Gasteiger partial charge in [0.1, 0.15) is 18.2 Å². The molecule has 0 amide bonds. The monoisotopic (exact) mass is 359 g/mol. The zero-order valence-corrected chi connectivity index (χ0v) is 14.0. The highest BCUT2D eigenvalue weighted by molar-refractivity contribution is 5.72. The molecule has 0 aromatic carbocycles. The molecular weight excluding hydrogens is 346 g/mol. The van der Waals surface area contributed by atoms with E-state index < -0.39 is 0 Å². The van der Waals surface area contributed by atoms with Gasteiger partial charge in [-0.1, -0.05) is 0 Å². The van der Waals surface area contributed by atoms with Crippen LogP contribution in [-0.4, -0.2) is 24.9 Å². The molecule has 0 radical (unpaired) electrons. The van der Waals surface area contributed by atoms with E-state index >= 15 is 0 Å². The van der Waals surface area contributed by atoms with Gasteiger partial charge in [0.2, 0.25) is 11.4 Å². The van der Waals surface area contributed by atoms with Gasteiger partial charge in [-0.05, 0) is 24.3 Å². The largest absolute Gasteiger partial charge is 0.463 e. The van der Waals surface area contributed by atoms with Crippen LogP contribution in [0.1, 0.15) is 0 Å². The third-order valence-electron chi connectivity index (χ3n) is 3.48. The molecule has 0 fully saturated rings. The average molecular weight is 359 g/mol. The number of nitrogens with zero attached hydrogens (tertiary/aromatic N) is 5. The molecule has 27 heavy (non-hydrogen) atoms. The van der Waals surface area contributed by atoms with E-state index in [1.807, 2.05) is 30.3 Å². The van der Waals surface area contributed by atoms with E-state index in [4.69, 9.17) is 13.3 Å². The minimum absolute atomic E-state index is 0.644. The molecule has 6 aromatic rings. The summed E-state index contributed by atoms with van der Waals surface area (Å²) >= 11 is 0. The SMILES string of the molecule is c1cnc2ccoc2c1.c1ncc2ccoc2n1.c1ncc2ccoc2n1. The summed E-state index contributed by atoms with van der Waals surface area (Å²) in [5, 5.41) is 1.88. The summed E-state index contributed by atoms with van der Waals surface area (Å²) in [7, 11) is 0. The van der Waals surface area contributed by atoms with Crippen molar-refractivity contribution in [3.05, 3.63) is 80.4 Å². The lowest BCUT2D eigenvalue weighted by atomic mass is 10.4. The first-order valence-electron chi connectivity index (χ1n) is 7.95. The molecule has 0 spiro atoms. The second-order valence-corrected chi connectivity index (χ2v) is 5.22. The van der Waals surface area contributed by atoms with Crippen LogP contribution in [0.5, 0.6) is 0 Å². The van der Waals surface area contributed by atoms with Crippen molar-refractivity contribution in [2.45, 2.75) is 0 Å². The Labute approximate surface area is 152 Å². The summed E-state index contributed by atoms with van der Waals surface area (Å²) in [5.41, 5.74) is 3.05. The highest BCUT2D eigenvalue weighted by Gasteiger charge is 1.93. The van der Waals surface area contributed by atoms with Gasteiger partial charge in [0, 0.05) is 24.7 Å². The summed E-state index contributed by atoms with van der Waals surface area (Å²) in [6.07, 6.45) is 12.9. The number of furan rings is 3. The van der Waals surface area contributed by atoms with Crippen LogP contribution in [0.15, 0.2) is 93.6 Å². The smallest absolute Gasteiger partial charge is 0.228 e. The minimum atomic E-state index is 0.644. The van der Waals surface area contributed by atoms with E-state index in [2.05, 4.69) is 24.9 Å². The van der Waals surface area contributed by atoms with Gasteiger partial charge in [0.15, 0.2) is 5.58 Å². The van der Waals surface area contributed by atoms with Gasteiger partial charge in [-0.3, -0.25) is 4.98 Å². The molecule has 0 unspecified atom stereocenters. The number of fused-ring (bicyclic) bond motifs is 3. The second-order valence-electron chi connectivity index (χ2n) is 5.22. The van der Waals surface area contributed by atoms with Gasteiger partial charge in [0.05, 0.1) is 29.6 Å². The molecule has 0 saturated carbocycles. The maximum absolute atomic E-state index is 5.06. The van der Waals surface area contributed by atoms with Crippen LogP contribution in [0.2, 0.25) is 0 Å². The van der Waals surface area contributed by atoms with Crippen LogP contribution in [0.4, 0.5) is 0 Å². The normalized spacial score (nSPS) is 10.2. The van der Waals surface area contributed by atoms with Crippen molar-refractivity contribution in [3.63, 3.8) is 0 Å². The van der Waals surface area contributed by atoms with E-state index in [1.165, 1.54) is 12.7 Å². The lowest BCUT2D eigenvalue weighted by molar-refractivity contribution is 0.602. The fourth-order valence-electron chi connectivity index (χ4n) is 2.23. The highest BCUT2D eigenvalue weighted by Crippen LogP contribution is 2.10. The lowest BCUT2D eigenvalue weighted by Gasteiger charge is -1.80. The zero-order valence-electron chi connectivity index (χ0n) is 14.0. The van der Waals surface area contributed by atoms with Crippen LogP contribution in [0.3, 0.4) is 0 Å². The molecule has 0 saturated heterocycles. The second kappa shape index (κ2) is 7.87. The van der Waals surface area contributed by atoms with E-state index in [0.717, 1.165) is 21.9 Å². The van der Waals surface area contributed by atoms with Crippen LogP contribution < -0.4 is 0 Å². The van der Waals surface area contributed by atoms with Crippen LogP contribution in [0.25, 0.3) is 33.3 Å². The number of hydrogen-bond donors (Lipinski definition) is 0. The van der Waals surface area contributed by atoms with Crippen LogP contribution in [-0.2, 0) is 0 Å². The number of hydrogen-bond acceptors (Lipinski definition) is 8. The van der Waals surface area contributed by atoms with Crippen molar-refractivity contribution in [2.24, 2.45) is 0 Å². The van der Waals surface area contributed by atoms with Gasteiger partial charge in [-0.25, -0.2) is 19.9 Å². The molecule has 8 heteroatoms. The Bertz CT molecular complexity index is 1010. The van der Waals surface area contributed by atoms with Crippen molar-refractivity contribution in [1.29, 1.82) is 0 Å². The zero-order chi connectivity index (χ0) is 18.3. The van der Waals surface area contributed by atoms with Gasteiger partial charge in [-0.2, -0.15) is 0 Å². The van der Waals surface area contributed by atoms with Crippen LogP contribution in [0, 0.1) is 0 Å². The fraction of sp³-hybridized carbons (Fsp3) is 0. The topological polar surface area (TPSA) is 104 Å². The van der Waals surface area contributed by atoms with Crippen LogP contribution >= 0.6 is 0 Å². The summed E-state index contributed by atoms with van der Waals surface area (Å²) in [6, 6.07) is 9.24. The summed E-state index contributed by atoms with van der Waals surface area (Å²) in [6.45, 7) is 0. The Hall–Kier alpha value is -4.07. The Balaban J connectivity index is 0.0000001000. The molecule has 6 rings (SSSR count). The molecule has 0 aliphatic heterocycles. The standard InChI is InChI=1S/C7H5NO.2C6H4N2O/c1-2-7-6(8-4-1)3-5-9-7;2*1-2-9-6-5(1)3-7-4-8-6/h1-5H;2*1-4H. The first-order valence-corrected chi connectivity index (χ1v) is 7.95. The van der Waals surface area contributed by atoms with E-state index in [1.54, 1.807) is 37.4 Å². The molecule has 0 N–H and O–H groups in total. The molecule has 0 aliphatic carbocycles. The van der Waals surface area contributed by atoms with E-state index in [0.29, 0.717) is 11.4 Å². The van der Waals surface area contributed by atoms with Crippen molar-refractivity contribution in [3.8, 4) is 0 Å².